The average molecular weight is 362 g/mol. The molecule has 1 aliphatic rings. The predicted molar refractivity (Wildman–Crippen MR) is 90.5 cm³/mol. The van der Waals surface area contributed by atoms with E-state index in [-0.39, 0.29) is 30.9 Å². The Kier molecular flexibility index (Phi) is 9.64. The van der Waals surface area contributed by atoms with E-state index < -0.39 is 0 Å². The summed E-state index contributed by atoms with van der Waals surface area (Å²) in [4.78, 5) is 0. The zero-order valence-electron chi connectivity index (χ0n) is 12.8. The van der Waals surface area contributed by atoms with E-state index in [1.807, 2.05) is 0 Å². The first kappa shape index (κ1) is 20.8. The van der Waals surface area contributed by atoms with Crippen LogP contribution in [-0.2, 0) is 20.4 Å². The second kappa shape index (κ2) is 9.74. The van der Waals surface area contributed by atoms with E-state index in [2.05, 4.69) is 77.6 Å². The molecule has 0 amide bonds. The number of hydrogen-bond donors (Lipinski definition) is 0. The summed E-state index contributed by atoms with van der Waals surface area (Å²) in [6, 6.07) is 8.46. The third-order valence-electron chi connectivity index (χ3n) is 3.41. The molecule has 1 aromatic rings. The van der Waals surface area contributed by atoms with Gasteiger partial charge in [0.2, 0.25) is 0 Å². The summed E-state index contributed by atoms with van der Waals surface area (Å²) in [7, 11) is 0. The quantitative estimate of drug-likeness (QED) is 0.622. The Morgan fingerprint density at radius 3 is 2.38 bits per heavy atom. The summed E-state index contributed by atoms with van der Waals surface area (Å²) in [6.07, 6.45) is 6.97. The molecule has 1 aliphatic carbocycles. The number of rotatable bonds is 5. The zero-order chi connectivity index (χ0) is 13.8. The number of benzene rings is 1. The molecule has 0 N–H and O–H groups in total. The van der Waals surface area contributed by atoms with Gasteiger partial charge in [0.25, 0.3) is 0 Å². The van der Waals surface area contributed by atoms with Gasteiger partial charge in [-0.05, 0) is 0 Å². The van der Waals surface area contributed by atoms with Crippen LogP contribution in [0.5, 0.6) is 5.75 Å². The second-order valence-electron chi connectivity index (χ2n) is 5.21. The molecule has 0 aromatic heterocycles. The van der Waals surface area contributed by atoms with Crippen molar-refractivity contribution in [2.45, 2.75) is 45.6 Å². The normalized spacial score (nSPS) is 14.6. The Bertz CT molecular complexity index is 509. The minimum Gasteiger partial charge on any atom is -0.147 e. The molecular weight excluding hydrogens is 339 g/mol. The molecule has 0 bridgehead atoms. The van der Waals surface area contributed by atoms with Crippen LogP contribution < -0.4 is 4.74 Å². The minimum absolute atomic E-state index is 0. The fourth-order valence-corrected chi connectivity index (χ4v) is 3.17. The molecule has 4 heteroatoms. The maximum Gasteiger partial charge on any atom is -0.147 e. The molecule has 0 radical (unpaired) electrons. The number of hydrogen-bond acceptors (Lipinski definition) is 1. The van der Waals surface area contributed by atoms with E-state index in [0.29, 0.717) is 5.92 Å². The molecule has 0 saturated heterocycles. The Morgan fingerprint density at radius 1 is 1.19 bits per heavy atom. The molecule has 0 heterocycles. The van der Waals surface area contributed by atoms with Crippen LogP contribution in [0.2, 0.25) is 0 Å². The summed E-state index contributed by atoms with van der Waals surface area (Å²) >= 11 is 2.24. The van der Waals surface area contributed by atoms with Gasteiger partial charge in [-0.3, -0.25) is 0 Å². The van der Waals surface area contributed by atoms with Crippen molar-refractivity contribution in [3.05, 3.63) is 51.4 Å². The van der Waals surface area contributed by atoms with Crippen LogP contribution in [0.25, 0.3) is 0 Å². The van der Waals surface area contributed by atoms with Crippen molar-refractivity contribution in [1.82, 2.24) is 0 Å². The van der Waals surface area contributed by atoms with E-state index in [4.69, 9.17) is 4.74 Å². The van der Waals surface area contributed by atoms with Crippen LogP contribution in [0.1, 0.15) is 45.1 Å². The molecule has 1 unspecified atom stereocenters. The molecule has 21 heavy (non-hydrogen) atoms. The van der Waals surface area contributed by atoms with Crippen LogP contribution in [0.15, 0.2) is 45.9 Å². The van der Waals surface area contributed by atoms with Gasteiger partial charge in [-0.25, -0.2) is 0 Å². The van der Waals surface area contributed by atoms with Crippen molar-refractivity contribution >= 4 is 24.8 Å². The predicted octanol–water partition coefficient (Wildman–Crippen LogP) is 5.57. The van der Waals surface area contributed by atoms with E-state index >= 15 is 0 Å². The van der Waals surface area contributed by atoms with Gasteiger partial charge in [-0.2, -0.15) is 0 Å². The first-order valence-corrected chi connectivity index (χ1v) is 7.78. The fourth-order valence-electron chi connectivity index (χ4n) is 2.59. The maximum absolute atomic E-state index is 5.98. The smallest absolute Gasteiger partial charge is 0.147 e. The molecule has 2 rings (SSSR count). The first-order chi connectivity index (χ1) is 9.13. The Balaban J connectivity index is 0.00000200. The topological polar surface area (TPSA) is 9.23 Å². The molecule has 0 saturated carbocycles. The van der Waals surface area contributed by atoms with Crippen LogP contribution in [0.4, 0.5) is 0 Å². The van der Waals surface area contributed by atoms with Crippen LogP contribution in [0.3, 0.4) is 0 Å². The molecule has 1 nitrogen and oxygen atoms in total. The number of halogens is 2. The first-order valence-electron chi connectivity index (χ1n) is 7.00. The van der Waals surface area contributed by atoms with Crippen molar-refractivity contribution in [2.75, 3.05) is 0 Å². The SMILES string of the molecule is CCC(C1=[C]([Ti])CC=C1)c1ccccc1OC(C)C.Cl.Cl. The van der Waals surface area contributed by atoms with E-state index in [9.17, 15) is 0 Å². The van der Waals surface area contributed by atoms with E-state index in [1.165, 1.54) is 15.0 Å². The summed E-state index contributed by atoms with van der Waals surface area (Å²) < 4.78 is 7.47. The van der Waals surface area contributed by atoms with Crippen molar-refractivity contribution < 1.29 is 25.2 Å². The van der Waals surface area contributed by atoms with Gasteiger partial charge < -0.3 is 0 Å². The number of para-hydroxylation sites is 1. The molecular formula is C17H23Cl2OTi. The van der Waals surface area contributed by atoms with Crippen LogP contribution in [-0.4, -0.2) is 6.10 Å². The van der Waals surface area contributed by atoms with Gasteiger partial charge in [0, 0.05) is 0 Å². The molecule has 115 valence electrons. The molecule has 0 spiro atoms. The largest absolute Gasteiger partial charge is 0.147 e. The minimum atomic E-state index is 0. The van der Waals surface area contributed by atoms with Gasteiger partial charge >= 0.3 is 128 Å². The molecule has 0 fully saturated rings. The van der Waals surface area contributed by atoms with E-state index in [1.54, 1.807) is 0 Å². The third kappa shape index (κ3) is 5.18. The van der Waals surface area contributed by atoms with Gasteiger partial charge in [-0.15, -0.1) is 24.8 Å². The standard InChI is InChI=1S/C17H21O.2ClH.Ti/c1-4-15(14-9-5-6-10-14)16-11-7-8-12-17(16)18-13(2)3;;;/h5,7-9,11-13,15H,4,6H2,1-3H3;2*1H;. The van der Waals surface area contributed by atoms with Crippen molar-refractivity contribution in [1.29, 1.82) is 0 Å². The number of allylic oxidation sites excluding steroid dienone is 4. The summed E-state index contributed by atoms with van der Waals surface area (Å²) in [5.41, 5.74) is 2.79. The van der Waals surface area contributed by atoms with Crippen molar-refractivity contribution in [2.24, 2.45) is 0 Å². The molecule has 1 aromatic carbocycles. The van der Waals surface area contributed by atoms with E-state index in [0.717, 1.165) is 18.6 Å². The molecule has 0 aliphatic heterocycles. The molecule has 1 atom stereocenters. The van der Waals surface area contributed by atoms with Crippen LogP contribution in [0, 0.1) is 0 Å². The van der Waals surface area contributed by atoms with Crippen LogP contribution >= 0.6 is 24.8 Å². The number of ether oxygens (including phenoxy) is 1. The van der Waals surface area contributed by atoms with Gasteiger partial charge in [0.1, 0.15) is 0 Å². The second-order valence-corrected chi connectivity index (χ2v) is 6.15. The Labute approximate surface area is 152 Å². The summed E-state index contributed by atoms with van der Waals surface area (Å²) in [5.74, 6) is 1.48. The Morgan fingerprint density at radius 2 is 1.86 bits per heavy atom. The Hall–Kier alpha value is -0.206. The summed E-state index contributed by atoms with van der Waals surface area (Å²) in [6.45, 7) is 6.42. The third-order valence-corrected chi connectivity index (χ3v) is 4.18. The summed E-state index contributed by atoms with van der Waals surface area (Å²) in [5, 5.41) is 0. The monoisotopic (exact) mass is 361 g/mol. The van der Waals surface area contributed by atoms with Gasteiger partial charge in [-0.1, -0.05) is 0 Å². The van der Waals surface area contributed by atoms with Gasteiger partial charge in [0.05, 0.1) is 0 Å². The fraction of sp³-hybridized carbons (Fsp3) is 0.412. The van der Waals surface area contributed by atoms with Crippen molar-refractivity contribution in [3.63, 3.8) is 0 Å². The van der Waals surface area contributed by atoms with Crippen molar-refractivity contribution in [3.8, 4) is 5.75 Å². The maximum atomic E-state index is 5.98. The van der Waals surface area contributed by atoms with Gasteiger partial charge in [0.15, 0.2) is 0 Å². The zero-order valence-corrected chi connectivity index (χ0v) is 16.0. The average Bonchev–Trinajstić information content (AvgIpc) is 2.78.